The molecule has 0 bridgehead atoms. The molecule has 398 valence electrons. The van der Waals surface area contributed by atoms with Crippen LogP contribution in [-0.2, 0) is 39.3 Å². The van der Waals surface area contributed by atoms with Crippen molar-refractivity contribution in [2.24, 2.45) is 12.5 Å². The lowest BCUT2D eigenvalue weighted by Crippen LogP contribution is -2.59. The van der Waals surface area contributed by atoms with Crippen molar-refractivity contribution in [3.05, 3.63) is 87.7 Å². The number of carbonyl (C=O) groups is 3. The number of benzene rings is 2. The molecule has 0 spiro atoms. The van der Waals surface area contributed by atoms with Crippen molar-refractivity contribution in [3.8, 4) is 38.8 Å². The number of methoxy groups -OCH3 is 2. The Balaban J connectivity index is 0.779. The second kappa shape index (κ2) is 23.7. The molecule has 3 atom stereocenters. The molecule has 19 heteroatoms. The highest BCUT2D eigenvalue weighted by Crippen LogP contribution is 2.41. The van der Waals surface area contributed by atoms with Crippen LogP contribution in [0.25, 0.3) is 32.3 Å². The standard InChI is InChI=1S/C55H71FN8O9S/c1-35-48(74-34-59-35)36-11-12-37(29-58-50(66)44-28-39(65)31-64(44)52(68)49(54(2,3)4)60-53(69)55(56)14-15-55)45(25-36)73-24-23-72-22-10-8-9-17-62-18-20-63(21-19-62)33-43-46(70-6)26-38(27-47(43)71-7)42-32-61(5)51(67)41-30-57-16-13-40(41)42/h11-13,16,25-27,30,32,34,39,44,49,65H,8-10,14-15,17-24,28-29,31,33H2,1-7H3,(H,58,66)(H,60,69)/t39-,44+,49-/m1/s1. The number of aryl methyl sites for hydroxylation is 2. The van der Waals surface area contributed by atoms with Gasteiger partial charge in [-0.3, -0.25) is 29.1 Å². The number of piperazine rings is 1. The number of pyridine rings is 2. The van der Waals surface area contributed by atoms with Gasteiger partial charge in [0, 0.05) is 95.6 Å². The topological polar surface area (TPSA) is 190 Å². The number of amides is 3. The Morgan fingerprint density at radius 2 is 1.65 bits per heavy atom. The minimum Gasteiger partial charge on any atom is -0.496 e. The van der Waals surface area contributed by atoms with E-state index in [-0.39, 0.29) is 37.9 Å². The van der Waals surface area contributed by atoms with Crippen LogP contribution in [0.4, 0.5) is 4.39 Å². The van der Waals surface area contributed by atoms with Gasteiger partial charge in [-0.1, -0.05) is 32.9 Å². The monoisotopic (exact) mass is 1040 g/mol. The summed E-state index contributed by atoms with van der Waals surface area (Å²) in [6, 6.07) is 9.64. The van der Waals surface area contributed by atoms with Crippen LogP contribution in [-0.4, -0.2) is 149 Å². The Hall–Kier alpha value is -5.99. The number of ether oxygens (including phenoxy) is 4. The first-order chi connectivity index (χ1) is 35.5. The first kappa shape index (κ1) is 54.3. The lowest BCUT2D eigenvalue weighted by Gasteiger charge is -2.35. The second-order valence-corrected chi connectivity index (χ2v) is 21.7. The number of likely N-dealkylation sites (tertiary alicyclic amines) is 1. The van der Waals surface area contributed by atoms with E-state index in [1.165, 1.54) is 16.2 Å². The maximum atomic E-state index is 14.7. The van der Waals surface area contributed by atoms with Gasteiger partial charge in [-0.15, -0.1) is 11.3 Å². The van der Waals surface area contributed by atoms with E-state index in [0.29, 0.717) is 37.5 Å². The first-order valence-electron chi connectivity index (χ1n) is 25.6. The maximum absolute atomic E-state index is 14.7. The molecular formula is C55H71FN8O9S. The van der Waals surface area contributed by atoms with E-state index in [4.69, 9.17) is 18.9 Å². The van der Waals surface area contributed by atoms with Crippen LogP contribution in [0.3, 0.4) is 0 Å². The van der Waals surface area contributed by atoms with Gasteiger partial charge in [-0.25, -0.2) is 9.37 Å². The highest BCUT2D eigenvalue weighted by molar-refractivity contribution is 7.13. The van der Waals surface area contributed by atoms with E-state index in [2.05, 4.69) is 30.4 Å². The van der Waals surface area contributed by atoms with Crippen molar-refractivity contribution in [2.45, 2.75) is 103 Å². The molecule has 5 aromatic rings. The SMILES string of the molecule is COc1cc(-c2cn(C)c(=O)c3cnccc23)cc(OC)c1CN1CCN(CCCCCOCCOc2cc(-c3scnc3C)ccc2CNC(=O)[C@@H]2C[C@@H](O)CN2C(=O)[C@@H](NC(=O)C2(F)CC2)C(C)(C)C)CC1. The Morgan fingerprint density at radius 3 is 2.32 bits per heavy atom. The van der Waals surface area contributed by atoms with Gasteiger partial charge in [0.25, 0.3) is 11.5 Å². The Morgan fingerprint density at radius 1 is 0.932 bits per heavy atom. The molecule has 1 aliphatic carbocycles. The number of nitrogens with zero attached hydrogens (tertiary/aromatic N) is 6. The number of hydrogen-bond donors (Lipinski definition) is 3. The summed E-state index contributed by atoms with van der Waals surface area (Å²) in [5, 5.41) is 17.6. The van der Waals surface area contributed by atoms with Gasteiger partial charge in [-0.05, 0) is 91.8 Å². The number of carbonyl (C=O) groups excluding carboxylic acids is 3. The number of aliphatic hydroxyl groups excluding tert-OH is 1. The zero-order valence-corrected chi connectivity index (χ0v) is 44.5. The number of thiazole rings is 1. The van der Waals surface area contributed by atoms with Gasteiger partial charge in [0.1, 0.15) is 35.9 Å². The largest absolute Gasteiger partial charge is 0.496 e. The molecule has 17 nitrogen and oxygen atoms in total. The summed E-state index contributed by atoms with van der Waals surface area (Å²) in [4.78, 5) is 69.1. The number of unbranched alkanes of at least 4 members (excludes halogenated alkanes) is 2. The van der Waals surface area contributed by atoms with E-state index >= 15 is 0 Å². The highest BCUT2D eigenvalue weighted by Gasteiger charge is 2.53. The van der Waals surface area contributed by atoms with Crippen LogP contribution >= 0.6 is 11.3 Å². The highest BCUT2D eigenvalue weighted by atomic mass is 32.1. The van der Waals surface area contributed by atoms with E-state index in [0.717, 1.165) is 107 Å². The second-order valence-electron chi connectivity index (χ2n) is 20.8. The molecule has 2 aromatic carbocycles. The number of hydrogen-bond acceptors (Lipinski definition) is 14. The third kappa shape index (κ3) is 12.7. The summed E-state index contributed by atoms with van der Waals surface area (Å²) in [7, 11) is 5.10. The van der Waals surface area contributed by atoms with Crippen molar-refractivity contribution in [2.75, 3.05) is 73.3 Å². The van der Waals surface area contributed by atoms with Crippen molar-refractivity contribution < 1.29 is 42.8 Å². The zero-order valence-electron chi connectivity index (χ0n) is 43.7. The number of β-amino-alcohol motifs (C(OH)–C–C–N with tert-alkyl or cyclic N) is 1. The number of alkyl halides is 1. The summed E-state index contributed by atoms with van der Waals surface area (Å²) in [5.74, 6) is 0.241. The lowest BCUT2D eigenvalue weighted by atomic mass is 9.85. The molecule has 3 amide bonds. The van der Waals surface area contributed by atoms with Crippen molar-refractivity contribution in [1.29, 1.82) is 0 Å². The molecule has 2 aliphatic heterocycles. The van der Waals surface area contributed by atoms with Crippen LogP contribution < -0.4 is 30.4 Å². The number of halogens is 1. The molecule has 3 aromatic heterocycles. The molecule has 2 saturated heterocycles. The molecule has 74 heavy (non-hydrogen) atoms. The zero-order chi connectivity index (χ0) is 52.7. The summed E-state index contributed by atoms with van der Waals surface area (Å²) in [5.41, 5.74) is 4.29. The summed E-state index contributed by atoms with van der Waals surface area (Å²) in [6.07, 6.45) is 7.49. The number of aromatic nitrogens is 3. The third-order valence-corrected chi connectivity index (χ3v) is 15.4. The minimum atomic E-state index is -1.97. The molecule has 8 rings (SSSR count). The number of fused-ring (bicyclic) bond motifs is 1. The fourth-order valence-corrected chi connectivity index (χ4v) is 10.6. The van der Waals surface area contributed by atoms with Crippen LogP contribution in [0, 0.1) is 12.3 Å². The van der Waals surface area contributed by atoms with Gasteiger partial charge in [-0.2, -0.15) is 0 Å². The Labute approximate surface area is 436 Å². The van der Waals surface area contributed by atoms with Gasteiger partial charge < -0.3 is 49.1 Å². The summed E-state index contributed by atoms with van der Waals surface area (Å²) >= 11 is 1.53. The normalized spacial score (nSPS) is 18.3. The average molecular weight is 1040 g/mol. The molecule has 5 heterocycles. The summed E-state index contributed by atoms with van der Waals surface area (Å²) in [6.45, 7) is 14.0. The minimum absolute atomic E-state index is 0.0284. The van der Waals surface area contributed by atoms with E-state index < -0.39 is 47.0 Å². The van der Waals surface area contributed by atoms with Crippen molar-refractivity contribution in [3.63, 3.8) is 0 Å². The quantitative estimate of drug-likeness (QED) is 0.0681. The molecule has 3 fully saturated rings. The fourth-order valence-electron chi connectivity index (χ4n) is 9.83. The van der Waals surface area contributed by atoms with Crippen molar-refractivity contribution >= 4 is 39.8 Å². The maximum Gasteiger partial charge on any atom is 0.259 e. The number of rotatable bonds is 22. The van der Waals surface area contributed by atoms with Gasteiger partial charge >= 0.3 is 0 Å². The first-order valence-corrected chi connectivity index (χ1v) is 26.5. The molecular weight excluding hydrogens is 968 g/mol. The molecule has 0 unspecified atom stereocenters. The van der Waals surface area contributed by atoms with E-state index in [9.17, 15) is 28.7 Å². The van der Waals surface area contributed by atoms with Crippen molar-refractivity contribution in [1.82, 2.24) is 39.9 Å². The molecule has 0 radical (unpaired) electrons. The summed E-state index contributed by atoms with van der Waals surface area (Å²) < 4.78 is 40.4. The molecule has 1 saturated carbocycles. The van der Waals surface area contributed by atoms with Crippen LogP contribution in [0.1, 0.15) is 76.1 Å². The average Bonchev–Trinajstić information content (AvgIpc) is 3.80. The van der Waals surface area contributed by atoms with Crippen LogP contribution in [0.15, 0.2) is 65.3 Å². The predicted octanol–water partition coefficient (Wildman–Crippen LogP) is 6.04. The van der Waals surface area contributed by atoms with Crippen LogP contribution in [0.5, 0.6) is 17.2 Å². The molecule has 3 N–H and O–H groups in total. The number of nitrogens with one attached hydrogen (secondary N) is 2. The van der Waals surface area contributed by atoms with E-state index in [1.54, 1.807) is 64.5 Å². The fraction of sp³-hybridized carbons (Fsp3) is 0.527. The molecule has 3 aliphatic rings. The Bertz CT molecular complexity index is 2830. The predicted molar refractivity (Wildman–Crippen MR) is 282 cm³/mol. The third-order valence-electron chi connectivity index (χ3n) is 14.4. The van der Waals surface area contributed by atoms with Gasteiger partial charge in [0.15, 0.2) is 5.67 Å². The lowest BCUT2D eigenvalue weighted by molar-refractivity contribution is -0.145. The number of aliphatic hydroxyl groups is 1. The van der Waals surface area contributed by atoms with Gasteiger partial charge in [0.05, 0.1) is 54.0 Å². The smallest absolute Gasteiger partial charge is 0.259 e. The Kier molecular flexibility index (Phi) is 17.4. The van der Waals surface area contributed by atoms with Gasteiger partial charge in [0.2, 0.25) is 11.8 Å². The van der Waals surface area contributed by atoms with E-state index in [1.807, 2.05) is 49.5 Å². The van der Waals surface area contributed by atoms with Crippen LogP contribution in [0.2, 0.25) is 0 Å².